The first-order valence-electron chi connectivity index (χ1n) is 8.46. The predicted molar refractivity (Wildman–Crippen MR) is 109 cm³/mol. The molecule has 0 aliphatic heterocycles. The molecule has 3 nitrogen and oxygen atoms in total. The molecule has 0 aromatic heterocycles. The van der Waals surface area contributed by atoms with Gasteiger partial charge in [0.15, 0.2) is 0 Å². The van der Waals surface area contributed by atoms with E-state index < -0.39 is 0 Å². The highest BCUT2D eigenvalue weighted by Gasteiger charge is 2.18. The lowest BCUT2D eigenvalue weighted by molar-refractivity contribution is 0.942. The fraction of sp³-hybridized carbons (Fsp3) is 0.182. The average Bonchev–Trinajstić information content (AvgIpc) is 2.57. The van der Waals surface area contributed by atoms with E-state index in [1.807, 2.05) is 38.1 Å². The summed E-state index contributed by atoms with van der Waals surface area (Å²) >= 11 is 0. The van der Waals surface area contributed by atoms with E-state index in [9.17, 15) is 0 Å². The number of aryl methyl sites for hydroxylation is 2. The second kappa shape index (κ2) is 6.61. The van der Waals surface area contributed by atoms with Crippen LogP contribution in [0.15, 0.2) is 59.7 Å². The maximum atomic E-state index is 6.26. The lowest BCUT2D eigenvalue weighted by Crippen LogP contribution is -2.22. The molecule has 0 heterocycles. The summed E-state index contributed by atoms with van der Waals surface area (Å²) in [6.45, 7) is 6.15. The van der Waals surface area contributed by atoms with Crippen molar-refractivity contribution < 1.29 is 0 Å². The Labute approximate surface area is 149 Å². The van der Waals surface area contributed by atoms with Gasteiger partial charge in [-0.15, -0.1) is 0 Å². The van der Waals surface area contributed by atoms with Crippen LogP contribution < -0.4 is 17.2 Å². The Kier molecular flexibility index (Phi) is 4.51. The van der Waals surface area contributed by atoms with Gasteiger partial charge in [0.1, 0.15) is 0 Å². The van der Waals surface area contributed by atoms with Crippen molar-refractivity contribution in [3.05, 3.63) is 82.0 Å². The highest BCUT2D eigenvalue weighted by atomic mass is 14.6. The third kappa shape index (κ3) is 3.37. The molecule has 6 N–H and O–H groups in total. The van der Waals surface area contributed by atoms with E-state index in [4.69, 9.17) is 17.2 Å². The summed E-state index contributed by atoms with van der Waals surface area (Å²) in [7, 11) is 0. The number of rotatable bonds is 2. The monoisotopic (exact) mass is 331 g/mol. The maximum Gasteiger partial charge on any atom is 0.0450 e. The molecule has 3 rings (SSSR count). The minimum Gasteiger partial charge on any atom is -0.399 e. The van der Waals surface area contributed by atoms with Crippen LogP contribution >= 0.6 is 0 Å². The topological polar surface area (TPSA) is 78.1 Å². The SMILES string of the molecule is CC1=C(c2ccc(N)c(C)c2)C(=Cc2ccc(N)c(C)c2)C=CC1N. The summed E-state index contributed by atoms with van der Waals surface area (Å²) in [5, 5.41) is 0. The zero-order valence-corrected chi connectivity index (χ0v) is 15.0. The number of benzene rings is 2. The van der Waals surface area contributed by atoms with Crippen LogP contribution in [0.5, 0.6) is 0 Å². The van der Waals surface area contributed by atoms with Crippen LogP contribution in [-0.4, -0.2) is 6.04 Å². The number of hydrogen-bond donors (Lipinski definition) is 3. The molecule has 0 fully saturated rings. The quantitative estimate of drug-likeness (QED) is 0.721. The first-order chi connectivity index (χ1) is 11.9. The van der Waals surface area contributed by atoms with Gasteiger partial charge in [-0.2, -0.15) is 0 Å². The number of nitrogens with two attached hydrogens (primary N) is 3. The molecule has 25 heavy (non-hydrogen) atoms. The fourth-order valence-electron chi connectivity index (χ4n) is 3.14. The molecule has 0 saturated carbocycles. The number of allylic oxidation sites excluding steroid dienone is 3. The van der Waals surface area contributed by atoms with Crippen molar-refractivity contribution in [2.24, 2.45) is 5.73 Å². The van der Waals surface area contributed by atoms with Crippen molar-refractivity contribution in [3.63, 3.8) is 0 Å². The standard InChI is InChI=1S/C22H25N3/c1-13-10-16(4-7-19(13)23)12-18-6-9-21(25)15(3)22(18)17-5-8-20(24)14(2)11-17/h4-12,21H,23-25H2,1-3H3. The van der Waals surface area contributed by atoms with Crippen LogP contribution in [0.2, 0.25) is 0 Å². The second-order valence-corrected chi connectivity index (χ2v) is 6.73. The van der Waals surface area contributed by atoms with E-state index in [1.54, 1.807) is 0 Å². The van der Waals surface area contributed by atoms with E-state index in [0.717, 1.165) is 44.8 Å². The van der Waals surface area contributed by atoms with Crippen LogP contribution in [0.4, 0.5) is 11.4 Å². The summed E-state index contributed by atoms with van der Waals surface area (Å²) in [6, 6.07) is 12.2. The van der Waals surface area contributed by atoms with E-state index in [-0.39, 0.29) is 6.04 Å². The van der Waals surface area contributed by atoms with Crippen LogP contribution in [0, 0.1) is 13.8 Å². The van der Waals surface area contributed by atoms with Crippen LogP contribution in [0.25, 0.3) is 11.6 Å². The third-order valence-electron chi connectivity index (χ3n) is 4.84. The molecule has 2 aromatic rings. The number of hydrogen-bond acceptors (Lipinski definition) is 3. The maximum absolute atomic E-state index is 6.26. The van der Waals surface area contributed by atoms with E-state index in [2.05, 4.69) is 37.3 Å². The lowest BCUT2D eigenvalue weighted by atomic mass is 9.84. The average molecular weight is 331 g/mol. The fourth-order valence-corrected chi connectivity index (χ4v) is 3.14. The van der Waals surface area contributed by atoms with Gasteiger partial charge in [0.25, 0.3) is 0 Å². The van der Waals surface area contributed by atoms with Crippen molar-refractivity contribution in [3.8, 4) is 0 Å². The van der Waals surface area contributed by atoms with Gasteiger partial charge in [0, 0.05) is 17.4 Å². The molecule has 1 unspecified atom stereocenters. The van der Waals surface area contributed by atoms with Crippen LogP contribution in [0.3, 0.4) is 0 Å². The minimum absolute atomic E-state index is 0.0711. The molecule has 0 amide bonds. The molecule has 2 aromatic carbocycles. The van der Waals surface area contributed by atoms with E-state index >= 15 is 0 Å². The molecule has 0 bridgehead atoms. The van der Waals surface area contributed by atoms with Gasteiger partial charge in [-0.25, -0.2) is 0 Å². The highest BCUT2D eigenvalue weighted by molar-refractivity contribution is 5.91. The molecule has 0 radical (unpaired) electrons. The molecule has 1 aliphatic carbocycles. The van der Waals surface area contributed by atoms with Gasteiger partial charge < -0.3 is 17.2 Å². The lowest BCUT2D eigenvalue weighted by Gasteiger charge is -2.22. The van der Waals surface area contributed by atoms with Gasteiger partial charge >= 0.3 is 0 Å². The van der Waals surface area contributed by atoms with Crippen LogP contribution in [0.1, 0.15) is 29.2 Å². The Balaban J connectivity index is 2.13. The molecule has 1 atom stereocenters. The van der Waals surface area contributed by atoms with E-state index in [0.29, 0.717) is 0 Å². The summed E-state index contributed by atoms with van der Waals surface area (Å²) < 4.78 is 0. The zero-order valence-electron chi connectivity index (χ0n) is 15.0. The van der Waals surface area contributed by atoms with Crippen LogP contribution in [-0.2, 0) is 0 Å². The van der Waals surface area contributed by atoms with Gasteiger partial charge in [-0.3, -0.25) is 0 Å². The first kappa shape index (κ1) is 17.1. The Morgan fingerprint density at radius 3 is 2.16 bits per heavy atom. The molecular weight excluding hydrogens is 306 g/mol. The van der Waals surface area contributed by atoms with Gasteiger partial charge in [0.05, 0.1) is 0 Å². The summed E-state index contributed by atoms with van der Waals surface area (Å²) in [4.78, 5) is 0. The normalized spacial score (nSPS) is 18.9. The van der Waals surface area contributed by atoms with Crippen molar-refractivity contribution in [1.29, 1.82) is 0 Å². The van der Waals surface area contributed by atoms with Gasteiger partial charge in [-0.05, 0) is 90.1 Å². The molecule has 0 saturated heterocycles. The number of anilines is 2. The van der Waals surface area contributed by atoms with Crippen molar-refractivity contribution in [2.45, 2.75) is 26.8 Å². The summed E-state index contributed by atoms with van der Waals surface area (Å²) in [5.74, 6) is 0. The summed E-state index contributed by atoms with van der Waals surface area (Å²) in [5.41, 5.74) is 27.7. The predicted octanol–water partition coefficient (Wildman–Crippen LogP) is 4.22. The van der Waals surface area contributed by atoms with Crippen molar-refractivity contribution in [1.82, 2.24) is 0 Å². The second-order valence-electron chi connectivity index (χ2n) is 6.73. The third-order valence-corrected chi connectivity index (χ3v) is 4.84. The Bertz CT molecular complexity index is 917. The minimum atomic E-state index is -0.0711. The Morgan fingerprint density at radius 1 is 0.880 bits per heavy atom. The highest BCUT2D eigenvalue weighted by Crippen LogP contribution is 2.35. The Morgan fingerprint density at radius 2 is 1.52 bits per heavy atom. The molecule has 0 spiro atoms. The summed E-state index contributed by atoms with van der Waals surface area (Å²) in [6.07, 6.45) is 6.32. The van der Waals surface area contributed by atoms with Crippen molar-refractivity contribution >= 4 is 23.0 Å². The first-order valence-corrected chi connectivity index (χ1v) is 8.46. The molecule has 1 aliphatic rings. The van der Waals surface area contributed by atoms with E-state index in [1.165, 1.54) is 5.57 Å². The Hall–Kier alpha value is -2.78. The van der Waals surface area contributed by atoms with Gasteiger partial charge in [0.2, 0.25) is 0 Å². The largest absolute Gasteiger partial charge is 0.399 e. The van der Waals surface area contributed by atoms with Crippen molar-refractivity contribution in [2.75, 3.05) is 11.5 Å². The molecular formula is C22H25N3. The zero-order chi connectivity index (χ0) is 18.1. The molecule has 3 heteroatoms. The smallest absolute Gasteiger partial charge is 0.0450 e. The molecule has 128 valence electrons. The number of nitrogen functional groups attached to an aromatic ring is 2. The van der Waals surface area contributed by atoms with Gasteiger partial charge in [-0.1, -0.05) is 24.3 Å².